The second-order valence-electron chi connectivity index (χ2n) is 19.1. The first kappa shape index (κ1) is 67.8. The van der Waals surface area contributed by atoms with Gasteiger partial charge >= 0.3 is 17.9 Å². The third kappa shape index (κ3) is 56.7. The Hall–Kier alpha value is -4.19. The van der Waals surface area contributed by atoms with E-state index in [-0.39, 0.29) is 31.1 Å². The van der Waals surface area contributed by atoms with Crippen LogP contribution in [0.4, 0.5) is 0 Å². The van der Waals surface area contributed by atoms with Gasteiger partial charge in [0.1, 0.15) is 13.2 Å². The van der Waals surface area contributed by atoms with Crippen molar-refractivity contribution in [1.29, 1.82) is 0 Å². The Kier molecular flexibility index (Phi) is 55.9. The van der Waals surface area contributed by atoms with Crippen LogP contribution in [0.5, 0.6) is 0 Å². The summed E-state index contributed by atoms with van der Waals surface area (Å²) >= 11 is 0. The topological polar surface area (TPSA) is 78.9 Å². The molecule has 0 aromatic heterocycles. The summed E-state index contributed by atoms with van der Waals surface area (Å²) in [6, 6.07) is 0. The molecular formula is C66H108O6. The highest BCUT2D eigenvalue weighted by atomic mass is 16.6. The van der Waals surface area contributed by atoms with Crippen LogP contribution in [0.1, 0.15) is 258 Å². The van der Waals surface area contributed by atoms with Crippen LogP contribution in [0, 0.1) is 0 Å². The molecule has 0 spiro atoms. The number of hydrogen-bond acceptors (Lipinski definition) is 6. The highest BCUT2D eigenvalue weighted by Crippen LogP contribution is 2.14. The lowest BCUT2D eigenvalue weighted by Crippen LogP contribution is -2.30. The van der Waals surface area contributed by atoms with Gasteiger partial charge in [0.05, 0.1) is 0 Å². The minimum Gasteiger partial charge on any atom is -0.462 e. The van der Waals surface area contributed by atoms with Crippen molar-refractivity contribution in [2.45, 2.75) is 264 Å². The zero-order valence-corrected chi connectivity index (χ0v) is 46.7. The number of allylic oxidation sites excluding steroid dienone is 20. The van der Waals surface area contributed by atoms with E-state index < -0.39 is 6.10 Å². The third-order valence-electron chi connectivity index (χ3n) is 12.2. The zero-order valence-electron chi connectivity index (χ0n) is 46.7. The minimum absolute atomic E-state index is 0.0877. The second kappa shape index (κ2) is 59.4. The number of unbranched alkanes of at least 4 members (excludes halogenated alkanes) is 21. The number of carbonyl (C=O) groups excluding carboxylic acids is 3. The maximum Gasteiger partial charge on any atom is 0.306 e. The molecule has 0 amide bonds. The molecule has 6 heteroatoms. The monoisotopic (exact) mass is 997 g/mol. The summed E-state index contributed by atoms with van der Waals surface area (Å²) in [7, 11) is 0. The number of esters is 3. The lowest BCUT2D eigenvalue weighted by molar-refractivity contribution is -0.167. The van der Waals surface area contributed by atoms with Crippen molar-refractivity contribution in [1.82, 2.24) is 0 Å². The Morgan fingerprint density at radius 3 is 0.847 bits per heavy atom. The highest BCUT2D eigenvalue weighted by Gasteiger charge is 2.19. The van der Waals surface area contributed by atoms with Gasteiger partial charge in [-0.15, -0.1) is 0 Å². The van der Waals surface area contributed by atoms with Crippen molar-refractivity contribution < 1.29 is 28.6 Å². The van der Waals surface area contributed by atoms with Crippen LogP contribution in [0.15, 0.2) is 122 Å². The number of rotatable bonds is 52. The summed E-state index contributed by atoms with van der Waals surface area (Å²) in [6.45, 7) is 6.36. The van der Waals surface area contributed by atoms with E-state index in [9.17, 15) is 14.4 Å². The van der Waals surface area contributed by atoms with Gasteiger partial charge < -0.3 is 14.2 Å². The van der Waals surface area contributed by atoms with Crippen molar-refractivity contribution >= 4 is 17.9 Å². The van der Waals surface area contributed by atoms with Crippen LogP contribution < -0.4 is 0 Å². The highest BCUT2D eigenvalue weighted by molar-refractivity contribution is 5.71. The molecule has 0 aromatic rings. The molecule has 0 saturated carbocycles. The lowest BCUT2D eigenvalue weighted by atomic mass is 10.1. The van der Waals surface area contributed by atoms with Gasteiger partial charge in [0.15, 0.2) is 6.10 Å². The van der Waals surface area contributed by atoms with E-state index in [1.165, 1.54) is 83.5 Å². The Labute approximate surface area is 443 Å². The van der Waals surface area contributed by atoms with E-state index >= 15 is 0 Å². The van der Waals surface area contributed by atoms with Gasteiger partial charge in [0, 0.05) is 19.3 Å². The van der Waals surface area contributed by atoms with Crippen LogP contribution in [0.3, 0.4) is 0 Å². The molecule has 1 atom stereocenters. The maximum absolute atomic E-state index is 12.9. The van der Waals surface area contributed by atoms with Gasteiger partial charge in [0.2, 0.25) is 0 Å². The average molecular weight is 998 g/mol. The summed E-state index contributed by atoms with van der Waals surface area (Å²) in [6.07, 6.45) is 82.0. The maximum atomic E-state index is 12.9. The van der Waals surface area contributed by atoms with Crippen LogP contribution in [0.2, 0.25) is 0 Å². The smallest absolute Gasteiger partial charge is 0.306 e. The van der Waals surface area contributed by atoms with Gasteiger partial charge in [0.25, 0.3) is 0 Å². The Morgan fingerprint density at radius 2 is 0.542 bits per heavy atom. The Morgan fingerprint density at radius 1 is 0.292 bits per heavy atom. The average Bonchev–Trinajstić information content (AvgIpc) is 3.38. The van der Waals surface area contributed by atoms with Crippen molar-refractivity contribution in [2.75, 3.05) is 13.2 Å². The largest absolute Gasteiger partial charge is 0.462 e. The van der Waals surface area contributed by atoms with Gasteiger partial charge in [-0.1, -0.05) is 251 Å². The van der Waals surface area contributed by atoms with Gasteiger partial charge in [-0.25, -0.2) is 0 Å². The summed E-state index contributed by atoms with van der Waals surface area (Å²) < 4.78 is 16.8. The molecule has 72 heavy (non-hydrogen) atoms. The summed E-state index contributed by atoms with van der Waals surface area (Å²) in [4.78, 5) is 38.1. The molecule has 0 heterocycles. The lowest BCUT2D eigenvalue weighted by Gasteiger charge is -2.18. The van der Waals surface area contributed by atoms with Gasteiger partial charge in [-0.3, -0.25) is 14.4 Å². The quantitative estimate of drug-likeness (QED) is 0.0261. The van der Waals surface area contributed by atoms with Crippen LogP contribution >= 0.6 is 0 Å². The van der Waals surface area contributed by atoms with E-state index in [1.54, 1.807) is 0 Å². The second-order valence-corrected chi connectivity index (χ2v) is 19.1. The van der Waals surface area contributed by atoms with Crippen LogP contribution in [-0.2, 0) is 28.6 Å². The fraction of sp³-hybridized carbons (Fsp3) is 0.652. The Bertz CT molecular complexity index is 1520. The standard InChI is InChI=1S/C66H108O6/c1-4-7-10-13-16-19-21-23-25-27-29-31-33-35-37-39-41-43-45-47-50-53-56-59-65(68)71-62-63(61-70-64(67)58-55-52-49-18-15-12-9-6-3)72-66(69)60-57-54-51-48-46-44-42-40-38-36-34-32-30-28-26-24-22-20-17-14-11-8-5-2/h7-8,10-11,16-17,19-20,23-26,29-32,35-38,63H,4-6,9,12-15,18,21-22,27-28,33-34,39-62H2,1-3H3/b10-7-,11-8-,19-16-,20-17-,25-23-,26-24-,31-29-,32-30-,37-35-,38-36-. The molecule has 0 N–H and O–H groups in total. The molecule has 0 saturated heterocycles. The third-order valence-corrected chi connectivity index (χ3v) is 12.2. The fourth-order valence-electron chi connectivity index (χ4n) is 7.85. The van der Waals surface area contributed by atoms with Crippen LogP contribution in [-0.4, -0.2) is 37.2 Å². The first-order valence-corrected chi connectivity index (χ1v) is 29.5. The van der Waals surface area contributed by atoms with E-state index in [1.807, 2.05) is 0 Å². The number of carbonyl (C=O) groups is 3. The first-order chi connectivity index (χ1) is 35.5. The van der Waals surface area contributed by atoms with Crippen molar-refractivity contribution in [3.05, 3.63) is 122 Å². The van der Waals surface area contributed by atoms with E-state index in [4.69, 9.17) is 14.2 Å². The molecular weight excluding hydrogens is 889 g/mol. The van der Waals surface area contributed by atoms with Crippen molar-refractivity contribution in [3.63, 3.8) is 0 Å². The first-order valence-electron chi connectivity index (χ1n) is 29.5. The molecule has 1 unspecified atom stereocenters. The predicted molar refractivity (Wildman–Crippen MR) is 311 cm³/mol. The minimum atomic E-state index is -0.790. The van der Waals surface area contributed by atoms with Gasteiger partial charge in [-0.2, -0.15) is 0 Å². The zero-order chi connectivity index (χ0) is 52.2. The number of hydrogen-bond donors (Lipinski definition) is 0. The molecule has 0 aliphatic heterocycles. The SMILES string of the molecule is CC/C=C\C/C=C\C/C=C\C/C=C\C/C=C\CCCCCCCCCC(=O)OCC(COC(=O)CCCCCCCCCC)OC(=O)CCCCCCCCC/C=C\C/C=C\C/C=C\C/C=C\C/C=C\CC. The Balaban J connectivity index is 4.30. The molecule has 0 bridgehead atoms. The van der Waals surface area contributed by atoms with E-state index in [2.05, 4.69) is 142 Å². The van der Waals surface area contributed by atoms with Gasteiger partial charge in [-0.05, 0) is 109 Å². The predicted octanol–water partition coefficient (Wildman–Crippen LogP) is 20.0. The molecule has 0 rings (SSSR count). The number of ether oxygens (including phenoxy) is 3. The molecule has 6 nitrogen and oxygen atoms in total. The van der Waals surface area contributed by atoms with Crippen molar-refractivity contribution in [2.24, 2.45) is 0 Å². The molecule has 0 fully saturated rings. The molecule has 0 aromatic carbocycles. The summed E-state index contributed by atoms with van der Waals surface area (Å²) in [5.74, 6) is -0.915. The van der Waals surface area contributed by atoms with Crippen molar-refractivity contribution in [3.8, 4) is 0 Å². The van der Waals surface area contributed by atoms with E-state index in [0.717, 1.165) is 135 Å². The summed E-state index contributed by atoms with van der Waals surface area (Å²) in [5.41, 5.74) is 0. The molecule has 0 aliphatic rings. The van der Waals surface area contributed by atoms with E-state index in [0.29, 0.717) is 19.3 Å². The molecule has 0 radical (unpaired) electrons. The molecule has 0 aliphatic carbocycles. The normalized spacial score (nSPS) is 13.0. The fourth-order valence-corrected chi connectivity index (χ4v) is 7.85. The van der Waals surface area contributed by atoms with Crippen LogP contribution in [0.25, 0.3) is 0 Å². The molecule has 408 valence electrons. The summed E-state index contributed by atoms with van der Waals surface area (Å²) in [5, 5.41) is 0.